The van der Waals surface area contributed by atoms with E-state index in [9.17, 15) is 9.90 Å². The fourth-order valence-corrected chi connectivity index (χ4v) is 4.29. The van der Waals surface area contributed by atoms with Crippen LogP contribution in [0.15, 0.2) is 30.5 Å². The van der Waals surface area contributed by atoms with Crippen molar-refractivity contribution in [1.82, 2.24) is 9.88 Å². The van der Waals surface area contributed by atoms with Crippen LogP contribution in [0.25, 0.3) is 10.9 Å². The van der Waals surface area contributed by atoms with Gasteiger partial charge in [-0.1, -0.05) is 18.2 Å². The molecule has 2 heterocycles. The van der Waals surface area contributed by atoms with E-state index >= 15 is 0 Å². The van der Waals surface area contributed by atoms with E-state index in [1.54, 1.807) is 0 Å². The molecule has 0 atom stereocenters. The Kier molecular flexibility index (Phi) is 3.64. The minimum atomic E-state index is -1.08. The first kappa shape index (κ1) is 14.8. The molecule has 1 saturated carbocycles. The molecule has 2 aromatic rings. The van der Waals surface area contributed by atoms with Crippen molar-refractivity contribution in [2.24, 2.45) is 0 Å². The van der Waals surface area contributed by atoms with Crippen LogP contribution >= 0.6 is 0 Å². The van der Waals surface area contributed by atoms with Gasteiger partial charge in [-0.3, -0.25) is 4.79 Å². The number of fused-ring (bicyclic) bond motifs is 1. The zero-order chi connectivity index (χ0) is 15.9. The number of nitrogens with zero attached hydrogens (tertiary/aromatic N) is 1. The number of likely N-dealkylation sites (tertiary alicyclic amines) is 1. The normalized spacial score (nSPS) is 21.9. The molecule has 4 rings (SSSR count). The minimum Gasteiger partial charge on any atom is -0.380 e. The molecule has 2 aliphatic rings. The number of carbonyl (C=O) groups excluding carboxylic acids is 1. The molecular formula is C19H24N2O2. The number of carbonyl (C=O) groups is 1. The second kappa shape index (κ2) is 5.68. The molecule has 4 nitrogen and oxygen atoms in total. The van der Waals surface area contributed by atoms with Crippen molar-refractivity contribution in [2.75, 3.05) is 13.1 Å². The minimum absolute atomic E-state index is 0.0348. The number of para-hydroxylation sites is 1. The second-order valence-electron chi connectivity index (χ2n) is 7.09. The summed E-state index contributed by atoms with van der Waals surface area (Å²) in [5.41, 5.74) is 1.47. The summed E-state index contributed by atoms with van der Waals surface area (Å²) < 4.78 is 0. The lowest BCUT2D eigenvalue weighted by atomic mass is 9.88. The maximum Gasteiger partial charge on any atom is 0.254 e. The van der Waals surface area contributed by atoms with Crippen LogP contribution in [0.1, 0.15) is 50.0 Å². The molecule has 1 saturated heterocycles. The Bertz CT molecular complexity index is 707. The first-order valence-corrected chi connectivity index (χ1v) is 8.75. The summed E-state index contributed by atoms with van der Waals surface area (Å²) in [6, 6.07) is 8.40. The Morgan fingerprint density at radius 3 is 2.61 bits per heavy atom. The van der Waals surface area contributed by atoms with Crippen molar-refractivity contribution in [1.29, 1.82) is 0 Å². The number of benzene rings is 1. The monoisotopic (exact) mass is 312 g/mol. The van der Waals surface area contributed by atoms with Gasteiger partial charge >= 0.3 is 0 Å². The highest BCUT2D eigenvalue weighted by molar-refractivity contribution is 5.86. The third kappa shape index (κ3) is 2.55. The van der Waals surface area contributed by atoms with Crippen LogP contribution in [0.4, 0.5) is 0 Å². The molecule has 4 heteroatoms. The van der Waals surface area contributed by atoms with E-state index < -0.39 is 5.60 Å². The molecule has 1 aliphatic carbocycles. The summed E-state index contributed by atoms with van der Waals surface area (Å²) in [5.74, 6) is 0.459. The van der Waals surface area contributed by atoms with Crippen LogP contribution in [-0.2, 0) is 4.79 Å². The van der Waals surface area contributed by atoms with Crippen LogP contribution in [0, 0.1) is 0 Å². The molecule has 2 N–H and O–H groups in total. The molecule has 0 spiro atoms. The van der Waals surface area contributed by atoms with E-state index in [2.05, 4.69) is 29.4 Å². The van der Waals surface area contributed by atoms with Crippen LogP contribution < -0.4 is 0 Å². The lowest BCUT2D eigenvalue weighted by molar-refractivity contribution is -0.151. The number of rotatable bonds is 2. The van der Waals surface area contributed by atoms with Gasteiger partial charge in [0, 0.05) is 30.2 Å². The SMILES string of the molecule is O=C(N1CCC(c2c[nH]c3ccccc23)CC1)C1(O)CCCC1. The van der Waals surface area contributed by atoms with Crippen molar-refractivity contribution in [3.05, 3.63) is 36.0 Å². The molecule has 0 radical (unpaired) electrons. The summed E-state index contributed by atoms with van der Waals surface area (Å²) >= 11 is 0. The van der Waals surface area contributed by atoms with Gasteiger partial charge in [0.15, 0.2) is 0 Å². The van der Waals surface area contributed by atoms with E-state index in [0.29, 0.717) is 18.8 Å². The number of aromatic nitrogens is 1. The third-order valence-electron chi connectivity index (χ3n) is 5.67. The average molecular weight is 312 g/mol. The maximum absolute atomic E-state index is 12.6. The third-order valence-corrected chi connectivity index (χ3v) is 5.67. The molecular weight excluding hydrogens is 288 g/mol. The van der Waals surface area contributed by atoms with E-state index in [1.807, 2.05) is 11.0 Å². The van der Waals surface area contributed by atoms with Crippen molar-refractivity contribution >= 4 is 16.8 Å². The molecule has 1 amide bonds. The van der Waals surface area contributed by atoms with Crippen molar-refractivity contribution in [3.63, 3.8) is 0 Å². The van der Waals surface area contributed by atoms with Crippen molar-refractivity contribution in [2.45, 2.75) is 50.0 Å². The van der Waals surface area contributed by atoms with E-state index in [4.69, 9.17) is 0 Å². The smallest absolute Gasteiger partial charge is 0.254 e. The van der Waals surface area contributed by atoms with Gasteiger partial charge < -0.3 is 15.0 Å². The first-order chi connectivity index (χ1) is 11.2. The molecule has 1 aromatic carbocycles. The number of aliphatic hydroxyl groups is 1. The van der Waals surface area contributed by atoms with Crippen molar-refractivity contribution in [3.8, 4) is 0 Å². The van der Waals surface area contributed by atoms with Crippen LogP contribution in [0.2, 0.25) is 0 Å². The largest absolute Gasteiger partial charge is 0.380 e. The molecule has 0 unspecified atom stereocenters. The number of aromatic amines is 1. The molecule has 23 heavy (non-hydrogen) atoms. The Hall–Kier alpha value is -1.81. The van der Waals surface area contributed by atoms with E-state index in [-0.39, 0.29) is 5.91 Å². The molecule has 1 aliphatic heterocycles. The summed E-state index contributed by atoms with van der Waals surface area (Å²) in [6.07, 6.45) is 7.27. The fourth-order valence-electron chi connectivity index (χ4n) is 4.29. The van der Waals surface area contributed by atoms with Crippen molar-refractivity contribution < 1.29 is 9.90 Å². The molecule has 122 valence electrons. The van der Waals surface area contributed by atoms with Gasteiger partial charge in [0.2, 0.25) is 0 Å². The van der Waals surface area contributed by atoms with Gasteiger partial charge in [-0.2, -0.15) is 0 Å². The zero-order valence-corrected chi connectivity index (χ0v) is 13.4. The highest BCUT2D eigenvalue weighted by atomic mass is 16.3. The standard InChI is InChI=1S/C19H24N2O2/c22-18(19(23)9-3-4-10-19)21-11-7-14(8-12-21)16-13-20-17-6-2-1-5-15(16)17/h1-2,5-6,13-14,20,23H,3-4,7-12H2. The van der Waals surface area contributed by atoms with Crippen LogP contribution in [0.5, 0.6) is 0 Å². The van der Waals surface area contributed by atoms with E-state index in [1.165, 1.54) is 16.5 Å². The maximum atomic E-state index is 12.6. The average Bonchev–Trinajstić information content (AvgIpc) is 3.21. The summed E-state index contributed by atoms with van der Waals surface area (Å²) in [7, 11) is 0. The number of H-pyrrole nitrogens is 1. The summed E-state index contributed by atoms with van der Waals surface area (Å²) in [5, 5.41) is 11.8. The summed E-state index contributed by atoms with van der Waals surface area (Å²) in [4.78, 5) is 17.8. The topological polar surface area (TPSA) is 56.3 Å². The number of nitrogens with one attached hydrogen (secondary N) is 1. The fraction of sp³-hybridized carbons (Fsp3) is 0.526. The lowest BCUT2D eigenvalue weighted by Gasteiger charge is -2.36. The predicted octanol–water partition coefficient (Wildman–Crippen LogP) is 3.18. The number of piperidine rings is 1. The number of hydrogen-bond acceptors (Lipinski definition) is 2. The van der Waals surface area contributed by atoms with Crippen LogP contribution in [0.3, 0.4) is 0 Å². The van der Waals surface area contributed by atoms with Crippen LogP contribution in [-0.4, -0.2) is 39.6 Å². The Morgan fingerprint density at radius 2 is 1.87 bits per heavy atom. The molecule has 2 fully saturated rings. The highest BCUT2D eigenvalue weighted by Gasteiger charge is 2.42. The van der Waals surface area contributed by atoms with E-state index in [0.717, 1.165) is 38.8 Å². The first-order valence-electron chi connectivity index (χ1n) is 8.75. The quantitative estimate of drug-likeness (QED) is 0.895. The highest BCUT2D eigenvalue weighted by Crippen LogP contribution is 2.36. The second-order valence-corrected chi connectivity index (χ2v) is 7.09. The Morgan fingerprint density at radius 1 is 1.17 bits per heavy atom. The molecule has 0 bridgehead atoms. The number of hydrogen-bond donors (Lipinski definition) is 2. The molecule has 1 aromatic heterocycles. The predicted molar refractivity (Wildman–Crippen MR) is 90.3 cm³/mol. The lowest BCUT2D eigenvalue weighted by Crippen LogP contribution is -2.49. The van der Waals surface area contributed by atoms with Gasteiger partial charge in [-0.15, -0.1) is 0 Å². The van der Waals surface area contributed by atoms with Gasteiger partial charge in [0.1, 0.15) is 5.60 Å². The Labute approximate surface area is 136 Å². The Balaban J connectivity index is 1.46. The number of amides is 1. The zero-order valence-electron chi connectivity index (χ0n) is 13.4. The van der Waals surface area contributed by atoms with Gasteiger partial charge in [-0.05, 0) is 56.1 Å². The summed E-state index contributed by atoms with van der Waals surface area (Å²) in [6.45, 7) is 1.51. The van der Waals surface area contributed by atoms with Gasteiger partial charge in [0.05, 0.1) is 0 Å². The van der Waals surface area contributed by atoms with Gasteiger partial charge in [0.25, 0.3) is 5.91 Å². The van der Waals surface area contributed by atoms with Gasteiger partial charge in [-0.25, -0.2) is 0 Å².